The Labute approximate surface area is 154 Å². The van der Waals surface area contributed by atoms with E-state index < -0.39 is 5.97 Å². The van der Waals surface area contributed by atoms with Gasteiger partial charge in [0, 0.05) is 5.69 Å². The third-order valence-corrected chi connectivity index (χ3v) is 4.24. The zero-order chi connectivity index (χ0) is 18.4. The van der Waals surface area contributed by atoms with E-state index in [-0.39, 0.29) is 11.7 Å². The molecule has 1 amide bonds. The zero-order valence-electron chi connectivity index (χ0n) is 14.0. The van der Waals surface area contributed by atoms with Crippen LogP contribution in [0, 0.1) is 0 Å². The second-order valence-electron chi connectivity index (χ2n) is 5.22. The Kier molecular flexibility index (Phi) is 5.65. The van der Waals surface area contributed by atoms with Crippen molar-refractivity contribution in [2.24, 2.45) is 0 Å². The number of methoxy groups -OCH3 is 1. The van der Waals surface area contributed by atoms with E-state index in [1.54, 1.807) is 35.3 Å². The van der Waals surface area contributed by atoms with Crippen LogP contribution in [0.5, 0.6) is 0 Å². The molecule has 0 unspecified atom stereocenters. The number of rotatable bonds is 6. The van der Waals surface area contributed by atoms with Gasteiger partial charge in [-0.1, -0.05) is 36.0 Å². The molecular weight excluding hydrogens is 352 g/mol. The van der Waals surface area contributed by atoms with Gasteiger partial charge in [-0.2, -0.15) is 0 Å². The number of nitrogens with one attached hydrogen (secondary N) is 1. The normalized spacial score (nSPS) is 10.3. The van der Waals surface area contributed by atoms with Crippen molar-refractivity contribution in [1.82, 2.24) is 14.8 Å². The Hall–Kier alpha value is -3.13. The van der Waals surface area contributed by atoms with E-state index in [4.69, 9.17) is 0 Å². The lowest BCUT2D eigenvalue weighted by atomic mass is 10.2. The van der Waals surface area contributed by atoms with Crippen molar-refractivity contribution in [2.45, 2.75) is 5.16 Å². The molecule has 132 valence electrons. The van der Waals surface area contributed by atoms with Crippen molar-refractivity contribution in [1.29, 1.82) is 0 Å². The number of carbonyl (C=O) groups is 2. The number of hydrogen-bond donors (Lipinski definition) is 1. The molecule has 7 nitrogen and oxygen atoms in total. The molecule has 0 saturated carbocycles. The van der Waals surface area contributed by atoms with Gasteiger partial charge in [-0.3, -0.25) is 4.79 Å². The van der Waals surface area contributed by atoms with Gasteiger partial charge < -0.3 is 10.1 Å². The van der Waals surface area contributed by atoms with E-state index in [0.29, 0.717) is 16.4 Å². The third kappa shape index (κ3) is 4.48. The molecule has 1 N–H and O–H groups in total. The minimum atomic E-state index is -0.453. The molecule has 0 spiro atoms. The molecule has 8 heteroatoms. The molecular formula is C18H16N4O3S. The number of anilines is 1. The van der Waals surface area contributed by atoms with E-state index >= 15 is 0 Å². The number of esters is 1. The highest BCUT2D eigenvalue weighted by molar-refractivity contribution is 7.99. The lowest BCUT2D eigenvalue weighted by Gasteiger charge is -2.06. The first-order chi connectivity index (χ1) is 12.7. The third-order valence-electron chi connectivity index (χ3n) is 3.39. The monoisotopic (exact) mass is 368 g/mol. The Morgan fingerprint density at radius 3 is 2.73 bits per heavy atom. The van der Waals surface area contributed by atoms with Crippen LogP contribution in [0.15, 0.2) is 66.1 Å². The predicted molar refractivity (Wildman–Crippen MR) is 98.5 cm³/mol. The summed E-state index contributed by atoms with van der Waals surface area (Å²) in [6, 6.07) is 16.2. The zero-order valence-corrected chi connectivity index (χ0v) is 14.8. The molecule has 0 fully saturated rings. The van der Waals surface area contributed by atoms with Crippen LogP contribution in [0.2, 0.25) is 0 Å². The molecule has 0 atom stereocenters. The minimum Gasteiger partial charge on any atom is -0.465 e. The van der Waals surface area contributed by atoms with Crippen LogP contribution < -0.4 is 5.32 Å². The summed E-state index contributed by atoms with van der Waals surface area (Å²) in [5.41, 5.74) is 1.80. The highest BCUT2D eigenvalue weighted by Crippen LogP contribution is 2.16. The number of nitrogens with zero attached hydrogens (tertiary/aromatic N) is 3. The molecule has 0 saturated heterocycles. The summed E-state index contributed by atoms with van der Waals surface area (Å²) in [5.74, 6) is -0.513. The van der Waals surface area contributed by atoms with Crippen molar-refractivity contribution < 1.29 is 14.3 Å². The summed E-state index contributed by atoms with van der Waals surface area (Å²) in [4.78, 5) is 27.8. The number of amides is 1. The maximum Gasteiger partial charge on any atom is 0.337 e. The highest BCUT2D eigenvalue weighted by Gasteiger charge is 2.10. The smallest absolute Gasteiger partial charge is 0.337 e. The van der Waals surface area contributed by atoms with Gasteiger partial charge in [0.05, 0.1) is 24.1 Å². The second kappa shape index (κ2) is 8.30. The van der Waals surface area contributed by atoms with Crippen molar-refractivity contribution in [3.8, 4) is 5.69 Å². The van der Waals surface area contributed by atoms with Crippen LogP contribution in [-0.4, -0.2) is 39.5 Å². The number of aromatic nitrogens is 3. The number of hydrogen-bond acceptors (Lipinski definition) is 6. The summed E-state index contributed by atoms with van der Waals surface area (Å²) in [5, 5.41) is 7.58. The van der Waals surface area contributed by atoms with Crippen molar-refractivity contribution in [3.05, 3.63) is 66.5 Å². The Morgan fingerprint density at radius 1 is 1.15 bits per heavy atom. The van der Waals surface area contributed by atoms with E-state index in [1.165, 1.54) is 18.9 Å². The summed E-state index contributed by atoms with van der Waals surface area (Å²) in [7, 11) is 1.31. The van der Waals surface area contributed by atoms with Crippen LogP contribution in [0.3, 0.4) is 0 Å². The Balaban J connectivity index is 1.56. The standard InChI is InChI=1S/C18H16N4O3S/c1-25-17(24)13-6-5-7-14(10-13)20-16(23)11-26-18-19-12-22(21-18)15-8-3-2-4-9-15/h2-10,12H,11H2,1H3,(H,20,23). The van der Waals surface area contributed by atoms with Gasteiger partial charge in [0.15, 0.2) is 0 Å². The summed E-state index contributed by atoms with van der Waals surface area (Å²) < 4.78 is 6.32. The second-order valence-corrected chi connectivity index (χ2v) is 6.16. The summed E-state index contributed by atoms with van der Waals surface area (Å²) in [6.07, 6.45) is 1.61. The van der Waals surface area contributed by atoms with E-state index in [0.717, 1.165) is 5.69 Å². The summed E-state index contributed by atoms with van der Waals surface area (Å²) in [6.45, 7) is 0. The number of thioether (sulfide) groups is 1. The molecule has 1 heterocycles. The quantitative estimate of drug-likeness (QED) is 0.532. The maximum atomic E-state index is 12.1. The molecule has 0 aliphatic heterocycles. The number of benzene rings is 2. The molecule has 3 rings (SSSR count). The number of ether oxygens (including phenoxy) is 1. The van der Waals surface area contributed by atoms with Gasteiger partial charge in [0.25, 0.3) is 0 Å². The molecule has 2 aromatic carbocycles. The molecule has 3 aromatic rings. The number of carbonyl (C=O) groups excluding carboxylic acids is 2. The predicted octanol–water partition coefficient (Wildman–Crippen LogP) is 2.78. The van der Waals surface area contributed by atoms with Crippen LogP contribution in [0.1, 0.15) is 10.4 Å². The molecule has 0 aliphatic carbocycles. The van der Waals surface area contributed by atoms with Crippen LogP contribution in [0.4, 0.5) is 5.69 Å². The van der Waals surface area contributed by atoms with Crippen LogP contribution >= 0.6 is 11.8 Å². The average Bonchev–Trinajstić information content (AvgIpc) is 3.16. The summed E-state index contributed by atoms with van der Waals surface area (Å²) >= 11 is 1.23. The van der Waals surface area contributed by atoms with Crippen LogP contribution in [-0.2, 0) is 9.53 Å². The SMILES string of the molecule is COC(=O)c1cccc(NC(=O)CSc2ncn(-c3ccccc3)n2)c1. The fourth-order valence-electron chi connectivity index (χ4n) is 2.19. The van der Waals surface area contributed by atoms with Gasteiger partial charge in [-0.15, -0.1) is 5.10 Å². The largest absolute Gasteiger partial charge is 0.465 e. The first-order valence-corrected chi connectivity index (χ1v) is 8.72. The van der Waals surface area contributed by atoms with E-state index in [2.05, 4.69) is 20.1 Å². The molecule has 1 aromatic heterocycles. The molecule has 0 aliphatic rings. The average molecular weight is 368 g/mol. The Morgan fingerprint density at radius 2 is 1.96 bits per heavy atom. The molecule has 0 bridgehead atoms. The minimum absolute atomic E-state index is 0.154. The molecule has 26 heavy (non-hydrogen) atoms. The lowest BCUT2D eigenvalue weighted by Crippen LogP contribution is -2.14. The Bertz CT molecular complexity index is 912. The fraction of sp³-hybridized carbons (Fsp3) is 0.111. The van der Waals surface area contributed by atoms with Crippen molar-refractivity contribution in [2.75, 3.05) is 18.2 Å². The maximum absolute atomic E-state index is 12.1. The lowest BCUT2D eigenvalue weighted by molar-refractivity contribution is -0.113. The molecule has 0 radical (unpaired) electrons. The van der Waals surface area contributed by atoms with Gasteiger partial charge in [-0.25, -0.2) is 14.5 Å². The van der Waals surface area contributed by atoms with E-state index in [1.807, 2.05) is 30.3 Å². The first-order valence-electron chi connectivity index (χ1n) is 7.74. The van der Waals surface area contributed by atoms with Gasteiger partial charge >= 0.3 is 5.97 Å². The first kappa shape index (κ1) is 17.7. The van der Waals surface area contributed by atoms with Crippen LogP contribution in [0.25, 0.3) is 5.69 Å². The number of para-hydroxylation sites is 1. The van der Waals surface area contributed by atoms with Crippen molar-refractivity contribution in [3.63, 3.8) is 0 Å². The van der Waals surface area contributed by atoms with E-state index in [9.17, 15) is 9.59 Å². The van der Waals surface area contributed by atoms with Gasteiger partial charge in [0.2, 0.25) is 11.1 Å². The van der Waals surface area contributed by atoms with Gasteiger partial charge in [0.1, 0.15) is 6.33 Å². The van der Waals surface area contributed by atoms with Crippen molar-refractivity contribution >= 4 is 29.3 Å². The fourth-order valence-corrected chi connectivity index (χ4v) is 2.79. The topological polar surface area (TPSA) is 86.1 Å². The highest BCUT2D eigenvalue weighted by atomic mass is 32.2. The van der Waals surface area contributed by atoms with Gasteiger partial charge in [-0.05, 0) is 30.3 Å².